The molecule has 0 aliphatic heterocycles. The minimum atomic E-state index is 0.569. The summed E-state index contributed by atoms with van der Waals surface area (Å²) >= 11 is 12.3. The van der Waals surface area contributed by atoms with Gasteiger partial charge in [0.2, 0.25) is 0 Å². The zero-order valence-corrected chi connectivity index (χ0v) is 12.0. The molecule has 0 bridgehead atoms. The number of nitrogens with zero attached hydrogens (tertiary/aromatic N) is 2. The van der Waals surface area contributed by atoms with Crippen molar-refractivity contribution in [3.05, 3.63) is 69.8 Å². The summed E-state index contributed by atoms with van der Waals surface area (Å²) in [6, 6.07) is 15.3. The van der Waals surface area contributed by atoms with Crippen molar-refractivity contribution in [2.75, 3.05) is 0 Å². The second kappa shape index (κ2) is 5.20. The predicted octanol–water partition coefficient (Wildman–Crippen LogP) is 4.87. The van der Waals surface area contributed by atoms with Crippen LogP contribution < -0.4 is 0 Å². The zero-order chi connectivity index (χ0) is 14.1. The van der Waals surface area contributed by atoms with Crippen LogP contribution in [0.2, 0.25) is 10.0 Å². The van der Waals surface area contributed by atoms with E-state index < -0.39 is 0 Å². The summed E-state index contributed by atoms with van der Waals surface area (Å²) in [4.78, 5) is 0. The van der Waals surface area contributed by atoms with E-state index in [1.54, 1.807) is 12.1 Å². The largest absolute Gasteiger partial charge is 0.343 e. The maximum Gasteiger partial charge on any atom is 0.0992 e. The summed E-state index contributed by atoms with van der Waals surface area (Å²) in [7, 11) is 0. The maximum atomic E-state index is 8.85. The highest BCUT2D eigenvalue weighted by Crippen LogP contribution is 2.24. The Kier molecular flexibility index (Phi) is 3.40. The molecule has 0 saturated carbocycles. The fourth-order valence-electron chi connectivity index (χ4n) is 2.22. The molecular weight excluding hydrogens is 291 g/mol. The molecule has 2 aromatic carbocycles. The molecule has 0 unspecified atom stereocenters. The molecule has 0 saturated heterocycles. The number of aromatic nitrogens is 1. The van der Waals surface area contributed by atoms with Gasteiger partial charge in [-0.3, -0.25) is 0 Å². The number of benzene rings is 2. The average Bonchev–Trinajstić information content (AvgIpc) is 2.83. The molecular formula is C16H10Cl2N2. The van der Waals surface area contributed by atoms with Gasteiger partial charge in [-0.25, -0.2) is 0 Å². The molecule has 0 spiro atoms. The quantitative estimate of drug-likeness (QED) is 0.664. The fourth-order valence-corrected chi connectivity index (χ4v) is 2.63. The summed E-state index contributed by atoms with van der Waals surface area (Å²) in [6.07, 6.45) is 2.01. The Morgan fingerprint density at radius 3 is 2.65 bits per heavy atom. The van der Waals surface area contributed by atoms with Gasteiger partial charge < -0.3 is 4.57 Å². The van der Waals surface area contributed by atoms with Crippen LogP contribution in [0.25, 0.3) is 10.9 Å². The van der Waals surface area contributed by atoms with Crippen molar-refractivity contribution < 1.29 is 0 Å². The monoisotopic (exact) mass is 300 g/mol. The molecule has 0 aliphatic rings. The van der Waals surface area contributed by atoms with Crippen LogP contribution in [0.15, 0.2) is 48.7 Å². The highest BCUT2D eigenvalue weighted by molar-refractivity contribution is 6.31. The van der Waals surface area contributed by atoms with Crippen molar-refractivity contribution in [2.24, 2.45) is 0 Å². The third-order valence-electron chi connectivity index (χ3n) is 3.26. The SMILES string of the molecule is N#Cc1ccc(Cn2ccc3ccc(Cl)cc32)c(Cl)c1. The molecule has 0 N–H and O–H groups in total. The van der Waals surface area contributed by atoms with Crippen LogP contribution in [0.1, 0.15) is 11.1 Å². The van der Waals surface area contributed by atoms with Gasteiger partial charge >= 0.3 is 0 Å². The molecule has 0 radical (unpaired) electrons. The first-order valence-corrected chi connectivity index (χ1v) is 6.86. The first kappa shape index (κ1) is 13.1. The Balaban J connectivity index is 2.01. The first-order valence-electron chi connectivity index (χ1n) is 6.10. The van der Waals surface area contributed by atoms with E-state index in [0.717, 1.165) is 16.5 Å². The molecule has 3 aromatic rings. The number of halogens is 2. The molecule has 1 aromatic heterocycles. The van der Waals surface area contributed by atoms with Gasteiger partial charge in [-0.2, -0.15) is 5.26 Å². The van der Waals surface area contributed by atoms with Gasteiger partial charge in [0.05, 0.1) is 11.6 Å². The van der Waals surface area contributed by atoms with Crippen LogP contribution in [-0.4, -0.2) is 4.57 Å². The summed E-state index contributed by atoms with van der Waals surface area (Å²) in [6.45, 7) is 0.647. The highest BCUT2D eigenvalue weighted by atomic mass is 35.5. The van der Waals surface area contributed by atoms with E-state index in [2.05, 4.69) is 10.6 Å². The highest BCUT2D eigenvalue weighted by Gasteiger charge is 2.06. The van der Waals surface area contributed by atoms with E-state index in [1.807, 2.05) is 36.5 Å². The lowest BCUT2D eigenvalue weighted by Gasteiger charge is -2.08. The minimum Gasteiger partial charge on any atom is -0.343 e. The van der Waals surface area contributed by atoms with Crippen molar-refractivity contribution >= 4 is 34.1 Å². The van der Waals surface area contributed by atoms with Crippen LogP contribution >= 0.6 is 23.2 Å². The standard InChI is InChI=1S/C16H10Cl2N2/c17-14-4-3-12-5-6-20(16(12)8-14)10-13-2-1-11(9-19)7-15(13)18/h1-8H,10H2. The van der Waals surface area contributed by atoms with Crippen LogP contribution in [-0.2, 0) is 6.54 Å². The topological polar surface area (TPSA) is 28.7 Å². The summed E-state index contributed by atoms with van der Waals surface area (Å²) in [5.41, 5.74) is 2.61. The average molecular weight is 301 g/mol. The zero-order valence-electron chi connectivity index (χ0n) is 10.5. The Morgan fingerprint density at radius 2 is 1.90 bits per heavy atom. The Labute approximate surface area is 126 Å². The van der Waals surface area contributed by atoms with Crippen molar-refractivity contribution in [1.29, 1.82) is 5.26 Å². The van der Waals surface area contributed by atoms with Crippen LogP contribution in [0, 0.1) is 11.3 Å². The van der Waals surface area contributed by atoms with Gasteiger partial charge in [-0.15, -0.1) is 0 Å². The lowest BCUT2D eigenvalue weighted by molar-refractivity contribution is 0.837. The predicted molar refractivity (Wildman–Crippen MR) is 82.2 cm³/mol. The van der Waals surface area contributed by atoms with Crippen molar-refractivity contribution in [2.45, 2.75) is 6.54 Å². The van der Waals surface area contributed by atoms with Crippen LogP contribution in [0.5, 0.6) is 0 Å². The second-order valence-corrected chi connectivity index (χ2v) is 5.41. The molecule has 3 rings (SSSR count). The molecule has 4 heteroatoms. The molecule has 98 valence electrons. The van der Waals surface area contributed by atoms with E-state index in [1.165, 1.54) is 0 Å². The second-order valence-electron chi connectivity index (χ2n) is 4.56. The Hall–Kier alpha value is -1.95. The van der Waals surface area contributed by atoms with Gasteiger partial charge in [0.15, 0.2) is 0 Å². The third kappa shape index (κ3) is 2.38. The lowest BCUT2D eigenvalue weighted by Crippen LogP contribution is -1.98. The van der Waals surface area contributed by atoms with Crippen LogP contribution in [0.4, 0.5) is 0 Å². The molecule has 0 atom stereocenters. The van der Waals surface area contributed by atoms with Crippen molar-refractivity contribution in [1.82, 2.24) is 4.57 Å². The smallest absolute Gasteiger partial charge is 0.0992 e. The van der Waals surface area contributed by atoms with E-state index in [0.29, 0.717) is 22.2 Å². The van der Waals surface area contributed by atoms with Crippen molar-refractivity contribution in [3.8, 4) is 6.07 Å². The number of hydrogen-bond donors (Lipinski definition) is 0. The van der Waals surface area contributed by atoms with E-state index >= 15 is 0 Å². The molecule has 1 heterocycles. The lowest BCUT2D eigenvalue weighted by atomic mass is 10.1. The van der Waals surface area contributed by atoms with Gasteiger partial charge in [0.1, 0.15) is 0 Å². The molecule has 0 amide bonds. The third-order valence-corrected chi connectivity index (χ3v) is 3.85. The summed E-state index contributed by atoms with van der Waals surface area (Å²) < 4.78 is 2.09. The molecule has 0 fully saturated rings. The first-order chi connectivity index (χ1) is 9.67. The van der Waals surface area contributed by atoms with Crippen LogP contribution in [0.3, 0.4) is 0 Å². The van der Waals surface area contributed by atoms with Gasteiger partial charge in [0, 0.05) is 28.3 Å². The summed E-state index contributed by atoms with van der Waals surface area (Å²) in [5.74, 6) is 0. The Bertz CT molecular complexity index is 828. The van der Waals surface area contributed by atoms with Crippen molar-refractivity contribution in [3.63, 3.8) is 0 Å². The Morgan fingerprint density at radius 1 is 1.05 bits per heavy atom. The van der Waals surface area contributed by atoms with Gasteiger partial charge in [-0.1, -0.05) is 35.3 Å². The van der Waals surface area contributed by atoms with Gasteiger partial charge in [0.25, 0.3) is 0 Å². The maximum absolute atomic E-state index is 8.85. The van der Waals surface area contributed by atoms with E-state index in [4.69, 9.17) is 28.5 Å². The molecule has 0 aliphatic carbocycles. The summed E-state index contributed by atoms with van der Waals surface area (Å²) in [5, 5.41) is 11.3. The van der Waals surface area contributed by atoms with Gasteiger partial charge in [-0.05, 0) is 41.3 Å². The minimum absolute atomic E-state index is 0.569. The number of fused-ring (bicyclic) bond motifs is 1. The number of rotatable bonds is 2. The normalized spacial score (nSPS) is 10.7. The van der Waals surface area contributed by atoms with E-state index in [-0.39, 0.29) is 0 Å². The fraction of sp³-hybridized carbons (Fsp3) is 0.0625. The number of hydrogen-bond acceptors (Lipinski definition) is 1. The molecule has 2 nitrogen and oxygen atoms in total. The molecule has 20 heavy (non-hydrogen) atoms. The van der Waals surface area contributed by atoms with E-state index in [9.17, 15) is 0 Å². The number of nitriles is 1.